The first-order valence-corrected chi connectivity index (χ1v) is 8.57. The van der Waals surface area contributed by atoms with E-state index in [9.17, 15) is 4.79 Å². The van der Waals surface area contributed by atoms with E-state index in [1.54, 1.807) is 0 Å². The summed E-state index contributed by atoms with van der Waals surface area (Å²) in [6.07, 6.45) is 0. The minimum Gasteiger partial charge on any atom is -1.00 e. The number of hydrogen-bond acceptors (Lipinski definition) is 7. The molecule has 1 aromatic carbocycles. The van der Waals surface area contributed by atoms with Crippen molar-refractivity contribution >= 4 is 29.4 Å². The van der Waals surface area contributed by atoms with Crippen molar-refractivity contribution in [2.24, 2.45) is 0 Å². The number of ketones is 1. The van der Waals surface area contributed by atoms with Crippen molar-refractivity contribution in [3.63, 3.8) is 0 Å². The first-order valence-electron chi connectivity index (χ1n) is 7.58. The fourth-order valence-electron chi connectivity index (χ4n) is 1.85. The number of nitrogens with zero attached hydrogens (tertiary/aromatic N) is 3. The van der Waals surface area contributed by atoms with Crippen LogP contribution in [-0.2, 0) is 0 Å². The highest BCUT2D eigenvalue weighted by Crippen LogP contribution is 2.18. The molecule has 130 valence electrons. The van der Waals surface area contributed by atoms with Gasteiger partial charge in [0.25, 0.3) is 0 Å². The highest BCUT2D eigenvalue weighted by molar-refractivity contribution is 7.99. The van der Waals surface area contributed by atoms with Crippen LogP contribution in [0.1, 0.15) is 29.8 Å². The van der Waals surface area contributed by atoms with E-state index in [2.05, 4.69) is 25.6 Å². The predicted octanol–water partition coefficient (Wildman–Crippen LogP) is 0.0226. The summed E-state index contributed by atoms with van der Waals surface area (Å²) in [6.45, 7) is 7.40. The fourth-order valence-corrected chi connectivity index (χ4v) is 2.58. The molecule has 1 aromatic heterocycles. The summed E-state index contributed by atoms with van der Waals surface area (Å²) in [5, 5.41) is 6.68. The molecule has 0 spiro atoms. The van der Waals surface area contributed by atoms with Crippen LogP contribution in [0.4, 0.5) is 11.9 Å². The molecule has 2 rings (SSSR count). The molecule has 0 amide bonds. The molecule has 2 N–H and O–H groups in total. The second-order valence-corrected chi connectivity index (χ2v) is 5.85. The van der Waals surface area contributed by atoms with E-state index in [1.807, 2.05) is 45.0 Å². The van der Waals surface area contributed by atoms with Gasteiger partial charge in [-0.05, 0) is 20.8 Å². The van der Waals surface area contributed by atoms with Crippen molar-refractivity contribution in [1.29, 1.82) is 0 Å². The zero-order valence-electron chi connectivity index (χ0n) is 14.0. The number of anilines is 2. The monoisotopic (exact) mass is 410 g/mol. The van der Waals surface area contributed by atoms with E-state index in [-0.39, 0.29) is 22.8 Å². The van der Waals surface area contributed by atoms with Crippen LogP contribution in [0.25, 0.3) is 0 Å². The van der Waals surface area contributed by atoms with E-state index in [0.29, 0.717) is 28.4 Å². The van der Waals surface area contributed by atoms with Crippen LogP contribution >= 0.6 is 11.8 Å². The lowest BCUT2D eigenvalue weighted by molar-refractivity contribution is -0.0000129. The predicted molar refractivity (Wildman–Crippen MR) is 94.4 cm³/mol. The molecule has 24 heavy (non-hydrogen) atoms. The van der Waals surface area contributed by atoms with Gasteiger partial charge in [0.1, 0.15) is 0 Å². The van der Waals surface area contributed by atoms with Gasteiger partial charge in [0.15, 0.2) is 10.9 Å². The zero-order valence-corrected chi connectivity index (χ0v) is 16.4. The number of aryl methyl sites for hydroxylation is 1. The maximum absolute atomic E-state index is 12.2. The van der Waals surface area contributed by atoms with Gasteiger partial charge in [0.05, 0.1) is 5.75 Å². The van der Waals surface area contributed by atoms with E-state index in [4.69, 9.17) is 0 Å². The highest BCUT2D eigenvalue weighted by atomic mass is 79.9. The largest absolute Gasteiger partial charge is 1.00 e. The molecular weight excluding hydrogens is 390 g/mol. The summed E-state index contributed by atoms with van der Waals surface area (Å²) in [6, 6.07) is 7.57. The van der Waals surface area contributed by atoms with Crippen LogP contribution < -0.4 is 27.6 Å². The Morgan fingerprint density at radius 2 is 1.54 bits per heavy atom. The van der Waals surface area contributed by atoms with Crippen LogP contribution in [0.2, 0.25) is 0 Å². The lowest BCUT2D eigenvalue weighted by atomic mass is 10.1. The van der Waals surface area contributed by atoms with Crippen molar-refractivity contribution in [2.45, 2.75) is 25.9 Å². The van der Waals surface area contributed by atoms with Gasteiger partial charge in [-0.25, -0.2) is 0 Å². The number of carbonyl (C=O) groups is 1. The van der Waals surface area contributed by atoms with Gasteiger partial charge < -0.3 is 27.6 Å². The summed E-state index contributed by atoms with van der Waals surface area (Å²) >= 11 is 1.32. The molecule has 0 saturated carbocycles. The number of aromatic nitrogens is 3. The normalized spacial score (nSPS) is 9.96. The lowest BCUT2D eigenvalue weighted by Gasteiger charge is -2.08. The number of thioether (sulfide) groups is 1. The minimum atomic E-state index is 0. The van der Waals surface area contributed by atoms with Gasteiger partial charge >= 0.3 is 0 Å². The third kappa shape index (κ3) is 6.09. The molecule has 6 nitrogen and oxygen atoms in total. The SMILES string of the molecule is CCNc1nc(NCC)nc(SCC(=O)c2ccc(C)cc2)n1.[Br-]. The van der Waals surface area contributed by atoms with Crippen molar-refractivity contribution in [2.75, 3.05) is 29.5 Å². The van der Waals surface area contributed by atoms with Crippen molar-refractivity contribution in [3.05, 3.63) is 35.4 Å². The van der Waals surface area contributed by atoms with Gasteiger partial charge in [0.2, 0.25) is 11.9 Å². The third-order valence-electron chi connectivity index (χ3n) is 2.99. The highest BCUT2D eigenvalue weighted by Gasteiger charge is 2.10. The molecule has 0 radical (unpaired) electrons. The molecule has 0 atom stereocenters. The van der Waals surface area contributed by atoms with E-state index in [0.717, 1.165) is 18.7 Å². The summed E-state index contributed by atoms with van der Waals surface area (Å²) < 4.78 is 0. The molecule has 2 aromatic rings. The number of Topliss-reactive ketones (excluding diaryl/α,β-unsaturated/α-hetero) is 1. The van der Waals surface area contributed by atoms with Gasteiger partial charge in [-0.1, -0.05) is 41.6 Å². The molecule has 0 aliphatic heterocycles. The molecular formula is C16H21BrN5OS-. The second kappa shape index (κ2) is 10.2. The van der Waals surface area contributed by atoms with Crippen molar-refractivity contribution < 1.29 is 21.8 Å². The number of nitrogens with one attached hydrogen (secondary N) is 2. The Morgan fingerprint density at radius 3 is 2.04 bits per heavy atom. The fraction of sp³-hybridized carbons (Fsp3) is 0.375. The van der Waals surface area contributed by atoms with Crippen molar-refractivity contribution in [3.8, 4) is 0 Å². The maximum atomic E-state index is 12.2. The first kappa shape index (κ1) is 20.4. The van der Waals surface area contributed by atoms with Crippen LogP contribution in [0.3, 0.4) is 0 Å². The second-order valence-electron chi connectivity index (χ2n) is 4.90. The molecule has 0 aliphatic rings. The Bertz CT molecular complexity index is 642. The van der Waals surface area contributed by atoms with Crippen molar-refractivity contribution in [1.82, 2.24) is 15.0 Å². The molecule has 0 bridgehead atoms. The lowest BCUT2D eigenvalue weighted by Crippen LogP contribution is -3.00. The Balaban J connectivity index is 0.00000288. The third-order valence-corrected chi connectivity index (χ3v) is 3.84. The molecule has 0 saturated heterocycles. The average molecular weight is 411 g/mol. The van der Waals surface area contributed by atoms with E-state index >= 15 is 0 Å². The number of carbonyl (C=O) groups excluding carboxylic acids is 1. The summed E-state index contributed by atoms with van der Waals surface area (Å²) in [5.74, 6) is 1.39. The Kier molecular flexibility index (Phi) is 8.70. The number of rotatable bonds is 8. The zero-order chi connectivity index (χ0) is 16.7. The maximum Gasteiger partial charge on any atom is 0.228 e. The standard InChI is InChI=1S/C16H21N5OS.BrH/c1-4-17-14-19-15(18-5-2)21-16(20-14)23-10-13(22)12-8-6-11(3)7-9-12;/h6-9H,4-5,10H2,1-3H3,(H2,17,18,19,20,21);1H/p-1. The molecule has 0 aliphatic carbocycles. The van der Waals surface area contributed by atoms with Crippen LogP contribution in [-0.4, -0.2) is 39.6 Å². The Morgan fingerprint density at radius 1 is 1.00 bits per heavy atom. The van der Waals surface area contributed by atoms with Crippen LogP contribution in [0, 0.1) is 6.92 Å². The van der Waals surface area contributed by atoms with Gasteiger partial charge in [-0.3, -0.25) is 4.79 Å². The average Bonchev–Trinajstić information content (AvgIpc) is 2.54. The summed E-state index contributed by atoms with van der Waals surface area (Å²) in [7, 11) is 0. The number of benzene rings is 1. The van der Waals surface area contributed by atoms with Gasteiger partial charge in [-0.2, -0.15) is 15.0 Å². The first-order chi connectivity index (χ1) is 11.1. The topological polar surface area (TPSA) is 79.8 Å². The van der Waals surface area contributed by atoms with E-state index in [1.165, 1.54) is 11.8 Å². The Labute approximate surface area is 157 Å². The smallest absolute Gasteiger partial charge is 0.228 e. The number of hydrogen-bond donors (Lipinski definition) is 2. The molecule has 8 heteroatoms. The minimum absolute atomic E-state index is 0. The number of halogens is 1. The molecule has 1 heterocycles. The van der Waals surface area contributed by atoms with Crippen LogP contribution in [0.5, 0.6) is 0 Å². The summed E-state index contributed by atoms with van der Waals surface area (Å²) in [4.78, 5) is 25.1. The Hall–Kier alpha value is -1.67. The van der Waals surface area contributed by atoms with Gasteiger partial charge in [0, 0.05) is 18.7 Å². The molecule has 0 unspecified atom stereocenters. The van der Waals surface area contributed by atoms with Gasteiger partial charge in [-0.15, -0.1) is 0 Å². The molecule has 0 fully saturated rings. The van der Waals surface area contributed by atoms with Crippen LogP contribution in [0.15, 0.2) is 29.4 Å². The summed E-state index contributed by atoms with van der Waals surface area (Å²) in [5.41, 5.74) is 1.84. The quantitative estimate of drug-likeness (QED) is 0.469. The van der Waals surface area contributed by atoms with E-state index < -0.39 is 0 Å².